The maximum absolute atomic E-state index is 13.7. The van der Waals surface area contributed by atoms with E-state index in [-0.39, 0.29) is 37.1 Å². The van der Waals surface area contributed by atoms with Crippen LogP contribution < -0.4 is 9.47 Å². The lowest BCUT2D eigenvalue weighted by atomic mass is 9.82. The van der Waals surface area contributed by atoms with Crippen molar-refractivity contribution in [2.75, 3.05) is 26.7 Å². The van der Waals surface area contributed by atoms with E-state index in [1.165, 1.54) is 17.0 Å². The van der Waals surface area contributed by atoms with E-state index < -0.39 is 24.0 Å². The average molecular weight is 505 g/mol. The van der Waals surface area contributed by atoms with Crippen molar-refractivity contribution in [1.82, 2.24) is 14.7 Å². The van der Waals surface area contributed by atoms with Gasteiger partial charge in [-0.05, 0) is 41.8 Å². The van der Waals surface area contributed by atoms with Crippen LogP contribution in [0.15, 0.2) is 48.5 Å². The van der Waals surface area contributed by atoms with E-state index in [9.17, 15) is 27.9 Å². The van der Waals surface area contributed by atoms with Gasteiger partial charge in [-0.15, -0.1) is 13.2 Å². The minimum Gasteiger partial charge on any atom is -0.497 e. The van der Waals surface area contributed by atoms with Crippen LogP contribution >= 0.6 is 0 Å². The summed E-state index contributed by atoms with van der Waals surface area (Å²) in [6, 6.07) is 12.2. The molecule has 3 aliphatic heterocycles. The number of ether oxygens (including phenoxy) is 2. The molecule has 2 atom stereocenters. The number of imide groups is 1. The second-order valence-electron chi connectivity index (χ2n) is 9.50. The summed E-state index contributed by atoms with van der Waals surface area (Å²) in [5, 5.41) is 10.3. The van der Waals surface area contributed by atoms with E-state index in [2.05, 4.69) is 4.74 Å². The molecule has 1 N–H and O–H groups in total. The molecule has 3 saturated heterocycles. The number of β-amino-alcohol motifs (C(OH)–C–C–N with tert-alkyl or cyclic N) is 1. The highest BCUT2D eigenvalue weighted by Gasteiger charge is 2.64. The molecule has 1 spiro atoms. The molecule has 3 fully saturated rings. The fourth-order valence-corrected chi connectivity index (χ4v) is 5.42. The normalized spacial score (nSPS) is 24.1. The minimum atomic E-state index is -4.75. The van der Waals surface area contributed by atoms with Crippen molar-refractivity contribution >= 4 is 11.8 Å². The van der Waals surface area contributed by atoms with Gasteiger partial charge in [0.1, 0.15) is 17.0 Å². The molecule has 0 radical (unpaired) electrons. The summed E-state index contributed by atoms with van der Waals surface area (Å²) in [7, 11) is 1.56. The quantitative estimate of drug-likeness (QED) is 0.603. The molecule has 5 rings (SSSR count). The van der Waals surface area contributed by atoms with Crippen molar-refractivity contribution in [3.63, 3.8) is 0 Å². The number of carbonyl (C=O) groups excluding carboxylic acids is 2. The van der Waals surface area contributed by atoms with Crippen LogP contribution in [0, 0.1) is 0 Å². The van der Waals surface area contributed by atoms with Crippen LogP contribution in [0.4, 0.5) is 13.2 Å². The van der Waals surface area contributed by atoms with E-state index in [0.717, 1.165) is 11.1 Å². The lowest BCUT2D eigenvalue weighted by Gasteiger charge is -2.58. The van der Waals surface area contributed by atoms with E-state index in [1.807, 2.05) is 9.80 Å². The van der Waals surface area contributed by atoms with Gasteiger partial charge in [-0.3, -0.25) is 24.3 Å². The number of fused-ring (bicyclic) bond motifs is 2. The van der Waals surface area contributed by atoms with Gasteiger partial charge in [0.05, 0.1) is 25.8 Å². The number of likely N-dealkylation sites (tertiary alicyclic amines) is 1. The smallest absolute Gasteiger partial charge is 0.497 e. The summed E-state index contributed by atoms with van der Waals surface area (Å²) in [5.74, 6) is -0.227. The van der Waals surface area contributed by atoms with Gasteiger partial charge in [-0.25, -0.2) is 0 Å². The Hall–Kier alpha value is -3.15. The number of halogens is 3. The summed E-state index contributed by atoms with van der Waals surface area (Å²) >= 11 is 0. The third-order valence-electron chi connectivity index (χ3n) is 7.06. The standard InChI is InChI=1S/C25H26F3N3O5/c1-35-19-6-2-17(3-7-19)12-30-22(33)21-10-18(32)13-31(21)24(23(30)34)14-29(15-24)11-16-4-8-20(9-5-16)36-25(26,27)28/h2-9,18,21,32H,10-15H2,1H3. The third-order valence-corrected chi connectivity index (χ3v) is 7.06. The Morgan fingerprint density at radius 1 is 0.972 bits per heavy atom. The van der Waals surface area contributed by atoms with Crippen molar-refractivity contribution in [2.24, 2.45) is 0 Å². The molecule has 8 nitrogen and oxygen atoms in total. The summed E-state index contributed by atoms with van der Waals surface area (Å²) in [5.41, 5.74) is 0.630. The van der Waals surface area contributed by atoms with Gasteiger partial charge in [-0.1, -0.05) is 24.3 Å². The highest BCUT2D eigenvalue weighted by Crippen LogP contribution is 2.41. The first-order chi connectivity index (χ1) is 17.1. The van der Waals surface area contributed by atoms with Crippen LogP contribution in [0.5, 0.6) is 11.5 Å². The van der Waals surface area contributed by atoms with Crippen LogP contribution in [0.2, 0.25) is 0 Å². The molecule has 3 aliphatic rings. The highest BCUT2D eigenvalue weighted by atomic mass is 19.4. The number of aliphatic hydroxyl groups is 1. The Bertz CT molecular complexity index is 1130. The molecule has 0 aromatic heterocycles. The van der Waals surface area contributed by atoms with Crippen molar-refractivity contribution in [3.8, 4) is 11.5 Å². The lowest BCUT2D eigenvalue weighted by Crippen LogP contribution is -2.81. The number of aliphatic hydroxyl groups excluding tert-OH is 1. The van der Waals surface area contributed by atoms with Crippen LogP contribution in [-0.4, -0.2) is 82.4 Å². The number of hydrogen-bond acceptors (Lipinski definition) is 7. The summed E-state index contributed by atoms with van der Waals surface area (Å²) in [4.78, 5) is 32.1. The predicted octanol–water partition coefficient (Wildman–Crippen LogP) is 2.15. The Morgan fingerprint density at radius 2 is 1.56 bits per heavy atom. The number of piperazine rings is 1. The average Bonchev–Trinajstić information content (AvgIpc) is 3.20. The lowest BCUT2D eigenvalue weighted by molar-refractivity contribution is -0.274. The topological polar surface area (TPSA) is 82.6 Å². The third kappa shape index (κ3) is 4.54. The maximum Gasteiger partial charge on any atom is 0.573 e. The first kappa shape index (κ1) is 24.5. The molecule has 2 aromatic rings. The number of carbonyl (C=O) groups is 2. The number of amides is 2. The van der Waals surface area contributed by atoms with Gasteiger partial charge in [-0.2, -0.15) is 0 Å². The zero-order valence-corrected chi connectivity index (χ0v) is 19.6. The second kappa shape index (κ2) is 9.06. The maximum atomic E-state index is 13.7. The van der Waals surface area contributed by atoms with Crippen LogP contribution in [0.1, 0.15) is 17.5 Å². The first-order valence-corrected chi connectivity index (χ1v) is 11.6. The van der Waals surface area contributed by atoms with Crippen molar-refractivity contribution in [2.45, 2.75) is 43.6 Å². The zero-order valence-electron chi connectivity index (χ0n) is 19.6. The largest absolute Gasteiger partial charge is 0.573 e. The molecule has 2 aromatic carbocycles. The van der Waals surface area contributed by atoms with Gasteiger partial charge in [0.2, 0.25) is 5.91 Å². The number of methoxy groups -OCH3 is 1. The minimum absolute atomic E-state index is 0.129. The van der Waals surface area contributed by atoms with Crippen molar-refractivity contribution in [1.29, 1.82) is 0 Å². The van der Waals surface area contributed by atoms with E-state index in [1.54, 1.807) is 43.5 Å². The summed E-state index contributed by atoms with van der Waals surface area (Å²) in [6.45, 7) is 1.50. The molecule has 36 heavy (non-hydrogen) atoms. The molecule has 2 amide bonds. The molecule has 11 heteroatoms. The van der Waals surface area contributed by atoms with E-state index >= 15 is 0 Å². The Balaban J connectivity index is 1.31. The van der Waals surface area contributed by atoms with E-state index in [0.29, 0.717) is 25.4 Å². The van der Waals surface area contributed by atoms with Crippen LogP contribution in [-0.2, 0) is 22.7 Å². The predicted molar refractivity (Wildman–Crippen MR) is 121 cm³/mol. The Kier molecular flexibility index (Phi) is 6.17. The fourth-order valence-electron chi connectivity index (χ4n) is 5.42. The Morgan fingerprint density at radius 3 is 2.14 bits per heavy atom. The van der Waals surface area contributed by atoms with Gasteiger partial charge >= 0.3 is 6.36 Å². The number of rotatable bonds is 6. The molecule has 2 unspecified atom stereocenters. The molecular formula is C25H26F3N3O5. The van der Waals surface area contributed by atoms with Gasteiger partial charge in [0.25, 0.3) is 5.91 Å². The van der Waals surface area contributed by atoms with E-state index in [4.69, 9.17) is 4.74 Å². The number of nitrogens with zero attached hydrogens (tertiary/aromatic N) is 3. The van der Waals surface area contributed by atoms with Crippen LogP contribution in [0.3, 0.4) is 0 Å². The van der Waals surface area contributed by atoms with Gasteiger partial charge < -0.3 is 14.6 Å². The fraction of sp³-hybridized carbons (Fsp3) is 0.440. The SMILES string of the molecule is COc1ccc(CN2C(=O)C3CC(O)CN3C3(CN(Cc4ccc(OC(F)(F)F)cc4)C3)C2=O)cc1. The van der Waals surface area contributed by atoms with Gasteiger partial charge in [0.15, 0.2) is 0 Å². The van der Waals surface area contributed by atoms with Crippen LogP contribution in [0.25, 0.3) is 0 Å². The summed E-state index contributed by atoms with van der Waals surface area (Å²) < 4.78 is 46.3. The molecule has 0 bridgehead atoms. The number of alkyl halides is 3. The molecule has 0 aliphatic carbocycles. The molecule has 192 valence electrons. The first-order valence-electron chi connectivity index (χ1n) is 11.6. The molecule has 0 saturated carbocycles. The second-order valence-corrected chi connectivity index (χ2v) is 9.50. The van der Waals surface area contributed by atoms with Crippen molar-refractivity contribution < 1.29 is 37.3 Å². The summed E-state index contributed by atoms with van der Waals surface area (Å²) in [6.07, 6.45) is -5.17. The highest BCUT2D eigenvalue weighted by molar-refractivity contribution is 6.06. The van der Waals surface area contributed by atoms with Crippen molar-refractivity contribution in [3.05, 3.63) is 59.7 Å². The molecular weight excluding hydrogens is 479 g/mol. The number of benzene rings is 2. The molecule has 3 heterocycles. The Labute approximate surface area is 205 Å². The number of hydrogen-bond donors (Lipinski definition) is 1. The zero-order chi connectivity index (χ0) is 25.7. The van der Waals surface area contributed by atoms with Gasteiger partial charge in [0, 0.05) is 26.2 Å². The monoisotopic (exact) mass is 505 g/mol.